The van der Waals surface area contributed by atoms with Gasteiger partial charge in [-0.2, -0.15) is 0 Å². The zero-order valence-corrected chi connectivity index (χ0v) is 21.2. The minimum absolute atomic E-state index is 0.208. The van der Waals surface area contributed by atoms with Gasteiger partial charge < -0.3 is 9.47 Å². The van der Waals surface area contributed by atoms with Gasteiger partial charge in [-0.05, 0) is 78.9 Å². The van der Waals surface area contributed by atoms with Gasteiger partial charge in [0.25, 0.3) is 5.24 Å². The van der Waals surface area contributed by atoms with Gasteiger partial charge in [-0.3, -0.25) is 4.79 Å². The molecular formula is C30H33ClO4. The van der Waals surface area contributed by atoms with E-state index in [0.29, 0.717) is 11.1 Å². The lowest BCUT2D eigenvalue weighted by Crippen LogP contribution is -2.16. The third kappa shape index (κ3) is 7.97. The summed E-state index contributed by atoms with van der Waals surface area (Å²) in [5.74, 6) is 0.591. The molecule has 3 rings (SSSR count). The normalized spacial score (nSPS) is 11.6. The standard InChI is InChI=1S/C30H33ClO4/c1-3-5-6-10-14-25(11-4-2)34-26-18-15-22(16-19-26)27-20-17-24(29(31)32)21-28(27)35-30(33)23-12-8-7-9-13-23/h7-9,12-13,15-21,25H,3-6,10-11,14H2,1-2H3. The van der Waals surface area contributed by atoms with Gasteiger partial charge >= 0.3 is 5.97 Å². The third-order valence-electron chi connectivity index (χ3n) is 5.88. The molecule has 5 heteroatoms. The molecule has 0 amide bonds. The molecule has 0 fully saturated rings. The maximum absolute atomic E-state index is 12.7. The largest absolute Gasteiger partial charge is 0.490 e. The van der Waals surface area contributed by atoms with Gasteiger partial charge in [-0.1, -0.05) is 69.9 Å². The maximum atomic E-state index is 12.7. The molecule has 35 heavy (non-hydrogen) atoms. The fourth-order valence-corrected chi connectivity index (χ4v) is 4.11. The summed E-state index contributed by atoms with van der Waals surface area (Å²) in [6, 6.07) is 21.3. The second-order valence-corrected chi connectivity index (χ2v) is 8.99. The van der Waals surface area contributed by atoms with Crippen LogP contribution < -0.4 is 9.47 Å². The van der Waals surface area contributed by atoms with E-state index < -0.39 is 11.2 Å². The molecule has 1 unspecified atom stereocenters. The quantitative estimate of drug-likeness (QED) is 0.104. The summed E-state index contributed by atoms with van der Waals surface area (Å²) in [6.45, 7) is 4.40. The maximum Gasteiger partial charge on any atom is 0.343 e. The molecule has 0 saturated carbocycles. The summed E-state index contributed by atoms with van der Waals surface area (Å²) in [4.78, 5) is 24.4. The molecule has 0 aromatic heterocycles. The van der Waals surface area contributed by atoms with Gasteiger partial charge in [0, 0.05) is 11.1 Å². The number of hydrogen-bond acceptors (Lipinski definition) is 4. The third-order valence-corrected chi connectivity index (χ3v) is 6.10. The molecule has 0 N–H and O–H groups in total. The molecule has 0 bridgehead atoms. The van der Waals surface area contributed by atoms with Crippen LogP contribution in [0.5, 0.6) is 11.5 Å². The Balaban J connectivity index is 1.79. The number of rotatable bonds is 13. The zero-order valence-electron chi connectivity index (χ0n) is 20.5. The van der Waals surface area contributed by atoms with Crippen LogP contribution in [0.2, 0.25) is 0 Å². The Bertz CT molecular complexity index is 1090. The summed E-state index contributed by atoms with van der Waals surface area (Å²) in [6.07, 6.45) is 8.28. The number of benzene rings is 3. The van der Waals surface area contributed by atoms with Crippen molar-refractivity contribution in [2.45, 2.75) is 64.9 Å². The molecule has 0 spiro atoms. The molecule has 0 heterocycles. The lowest BCUT2D eigenvalue weighted by molar-refractivity contribution is 0.0734. The first-order chi connectivity index (χ1) is 17.0. The van der Waals surface area contributed by atoms with E-state index in [-0.39, 0.29) is 17.4 Å². The van der Waals surface area contributed by atoms with Gasteiger partial charge in [0.05, 0.1) is 11.7 Å². The van der Waals surface area contributed by atoms with Crippen LogP contribution >= 0.6 is 11.6 Å². The molecule has 0 aliphatic heterocycles. The summed E-state index contributed by atoms with van der Waals surface area (Å²) in [5.41, 5.74) is 2.21. The van der Waals surface area contributed by atoms with Crippen LogP contribution in [0.1, 0.15) is 79.5 Å². The molecule has 1 atom stereocenters. The number of carbonyl (C=O) groups is 2. The van der Waals surface area contributed by atoms with Gasteiger partial charge in [-0.25, -0.2) is 4.79 Å². The van der Waals surface area contributed by atoms with Gasteiger partial charge in [0.1, 0.15) is 11.5 Å². The van der Waals surface area contributed by atoms with Crippen LogP contribution in [0.15, 0.2) is 72.8 Å². The van der Waals surface area contributed by atoms with E-state index in [0.717, 1.165) is 30.6 Å². The van der Waals surface area contributed by atoms with E-state index >= 15 is 0 Å². The fourth-order valence-electron chi connectivity index (χ4n) is 3.99. The van der Waals surface area contributed by atoms with Crippen molar-refractivity contribution < 1.29 is 19.1 Å². The van der Waals surface area contributed by atoms with Crippen molar-refractivity contribution >= 4 is 22.8 Å². The highest BCUT2D eigenvalue weighted by Gasteiger charge is 2.16. The highest BCUT2D eigenvalue weighted by Crippen LogP contribution is 2.33. The highest BCUT2D eigenvalue weighted by molar-refractivity contribution is 6.67. The average Bonchev–Trinajstić information content (AvgIpc) is 2.87. The number of hydrogen-bond donors (Lipinski definition) is 0. The van der Waals surface area contributed by atoms with E-state index in [1.54, 1.807) is 36.4 Å². The Morgan fingerprint density at radius 1 is 0.800 bits per heavy atom. The van der Waals surface area contributed by atoms with Crippen molar-refractivity contribution in [3.05, 3.63) is 83.9 Å². The number of carbonyl (C=O) groups excluding carboxylic acids is 2. The molecule has 184 valence electrons. The van der Waals surface area contributed by atoms with Crippen molar-refractivity contribution in [1.82, 2.24) is 0 Å². The molecular weight excluding hydrogens is 460 g/mol. The van der Waals surface area contributed by atoms with Crippen molar-refractivity contribution in [3.63, 3.8) is 0 Å². The van der Waals surface area contributed by atoms with Gasteiger partial charge in [0.2, 0.25) is 0 Å². The molecule has 0 radical (unpaired) electrons. The summed E-state index contributed by atoms with van der Waals surface area (Å²) in [5, 5.41) is -0.613. The van der Waals surface area contributed by atoms with E-state index in [9.17, 15) is 9.59 Å². The Kier molecular flexibility index (Phi) is 10.4. The summed E-state index contributed by atoms with van der Waals surface area (Å²) >= 11 is 5.68. The minimum atomic E-state index is -0.613. The first kappa shape index (κ1) is 26.5. The van der Waals surface area contributed by atoms with Crippen LogP contribution in [0.4, 0.5) is 0 Å². The second kappa shape index (κ2) is 13.7. The SMILES string of the molecule is CCCCCCC(CCC)Oc1ccc(-c2ccc(C(=O)Cl)cc2OC(=O)c2ccccc2)cc1. The van der Waals surface area contributed by atoms with Crippen LogP contribution in [-0.4, -0.2) is 17.3 Å². The van der Waals surface area contributed by atoms with Crippen LogP contribution in [0, 0.1) is 0 Å². The van der Waals surface area contributed by atoms with Crippen molar-refractivity contribution in [2.75, 3.05) is 0 Å². The Hall–Kier alpha value is -3.11. The molecule has 3 aromatic carbocycles. The van der Waals surface area contributed by atoms with Crippen molar-refractivity contribution in [2.24, 2.45) is 0 Å². The first-order valence-electron chi connectivity index (χ1n) is 12.4. The summed E-state index contributed by atoms with van der Waals surface area (Å²) < 4.78 is 12.0. The molecule has 4 nitrogen and oxygen atoms in total. The van der Waals surface area contributed by atoms with E-state index in [1.807, 2.05) is 30.3 Å². The Morgan fingerprint density at radius 2 is 1.54 bits per heavy atom. The number of halogens is 1. The van der Waals surface area contributed by atoms with Crippen LogP contribution in [0.25, 0.3) is 11.1 Å². The zero-order chi connectivity index (χ0) is 25.0. The second-order valence-electron chi connectivity index (χ2n) is 8.64. The number of unbranched alkanes of at least 4 members (excludes halogenated alkanes) is 3. The molecule has 3 aromatic rings. The van der Waals surface area contributed by atoms with Gasteiger partial charge in [-0.15, -0.1) is 0 Å². The first-order valence-corrected chi connectivity index (χ1v) is 12.8. The lowest BCUT2D eigenvalue weighted by Gasteiger charge is -2.19. The van der Waals surface area contributed by atoms with Crippen molar-refractivity contribution in [1.29, 1.82) is 0 Å². The fraction of sp³-hybridized carbons (Fsp3) is 0.333. The molecule has 0 aliphatic carbocycles. The van der Waals surface area contributed by atoms with Gasteiger partial charge in [0.15, 0.2) is 0 Å². The predicted octanol–water partition coefficient (Wildman–Crippen LogP) is 8.47. The number of ether oxygens (including phenoxy) is 2. The topological polar surface area (TPSA) is 52.6 Å². The number of esters is 1. The predicted molar refractivity (Wildman–Crippen MR) is 142 cm³/mol. The Morgan fingerprint density at radius 3 is 2.20 bits per heavy atom. The minimum Gasteiger partial charge on any atom is -0.490 e. The lowest BCUT2D eigenvalue weighted by atomic mass is 10.0. The average molecular weight is 493 g/mol. The van der Waals surface area contributed by atoms with E-state index in [1.165, 1.54) is 31.7 Å². The molecule has 0 aliphatic rings. The Labute approximate surface area is 213 Å². The monoisotopic (exact) mass is 492 g/mol. The summed E-state index contributed by atoms with van der Waals surface area (Å²) in [7, 11) is 0. The van der Waals surface area contributed by atoms with E-state index in [2.05, 4.69) is 13.8 Å². The highest BCUT2D eigenvalue weighted by atomic mass is 35.5. The van der Waals surface area contributed by atoms with E-state index in [4.69, 9.17) is 21.1 Å². The smallest absolute Gasteiger partial charge is 0.343 e. The van der Waals surface area contributed by atoms with Crippen LogP contribution in [-0.2, 0) is 0 Å². The van der Waals surface area contributed by atoms with Crippen molar-refractivity contribution in [3.8, 4) is 22.6 Å². The molecule has 0 saturated heterocycles. The van der Waals surface area contributed by atoms with Crippen LogP contribution in [0.3, 0.4) is 0 Å².